The summed E-state index contributed by atoms with van der Waals surface area (Å²) in [5.41, 5.74) is 0.220. The number of hydrogen-bond acceptors (Lipinski definition) is 9. The highest BCUT2D eigenvalue weighted by Crippen LogP contribution is 2.23. The molecule has 0 aliphatic carbocycles. The van der Waals surface area contributed by atoms with E-state index in [2.05, 4.69) is 22.2 Å². The van der Waals surface area contributed by atoms with Crippen LogP contribution in [0.4, 0.5) is 4.79 Å². The molecular formula is C30H41N5O6S. The second-order valence-corrected chi connectivity index (χ2v) is 11.9. The van der Waals surface area contributed by atoms with Gasteiger partial charge in [-0.05, 0) is 46.3 Å². The Hall–Kier alpha value is -3.67. The number of thioether (sulfide) groups is 1. The van der Waals surface area contributed by atoms with Gasteiger partial charge in [0.05, 0.1) is 6.61 Å². The van der Waals surface area contributed by atoms with Crippen molar-refractivity contribution in [3.05, 3.63) is 42.1 Å². The molecule has 1 aromatic carbocycles. The number of benzene rings is 1. The Morgan fingerprint density at radius 1 is 1.00 bits per heavy atom. The largest absolute Gasteiger partial charge is 0.460 e. The maximum atomic E-state index is 13.6. The summed E-state index contributed by atoms with van der Waals surface area (Å²) in [4.78, 5) is 64.1. The number of esters is 1. The molecule has 1 N–H and O–H groups in total. The van der Waals surface area contributed by atoms with Crippen LogP contribution < -0.4 is 5.32 Å². The van der Waals surface area contributed by atoms with Gasteiger partial charge in [-0.25, -0.2) is 14.8 Å². The minimum atomic E-state index is -0.999. The molecular weight excluding hydrogens is 558 g/mol. The van der Waals surface area contributed by atoms with Gasteiger partial charge in [-0.15, -0.1) is 11.8 Å². The minimum Gasteiger partial charge on any atom is -0.460 e. The number of nitrogens with one attached hydrogen (secondary N) is 1. The molecule has 0 bridgehead atoms. The lowest BCUT2D eigenvalue weighted by molar-refractivity contribution is -0.155. The summed E-state index contributed by atoms with van der Waals surface area (Å²) >= 11 is 1.52. The third-order valence-corrected chi connectivity index (χ3v) is 7.32. The number of rotatable bonds is 11. The molecule has 42 heavy (non-hydrogen) atoms. The SMILES string of the molecule is CCCSc1cc(C(=O)NC(CCC(=O)OC(C)(C)C)C(=O)N2CCN(C(=O)OCC)CC2)nc(-c2ccccc2)n1. The van der Waals surface area contributed by atoms with E-state index in [1.807, 2.05) is 30.3 Å². The van der Waals surface area contributed by atoms with Gasteiger partial charge in [0.25, 0.3) is 5.91 Å². The first-order valence-electron chi connectivity index (χ1n) is 14.3. The molecule has 0 spiro atoms. The van der Waals surface area contributed by atoms with Crippen LogP contribution in [-0.2, 0) is 19.1 Å². The summed E-state index contributed by atoms with van der Waals surface area (Å²) < 4.78 is 10.5. The van der Waals surface area contributed by atoms with Crippen molar-refractivity contribution >= 4 is 35.6 Å². The van der Waals surface area contributed by atoms with E-state index in [1.54, 1.807) is 43.6 Å². The van der Waals surface area contributed by atoms with Crippen molar-refractivity contribution in [1.82, 2.24) is 25.1 Å². The molecule has 1 aliphatic rings. The fourth-order valence-electron chi connectivity index (χ4n) is 4.23. The van der Waals surface area contributed by atoms with Crippen LogP contribution in [0, 0.1) is 0 Å². The van der Waals surface area contributed by atoms with Gasteiger partial charge in [0.15, 0.2) is 5.82 Å². The van der Waals surface area contributed by atoms with E-state index in [0.29, 0.717) is 23.9 Å². The van der Waals surface area contributed by atoms with E-state index < -0.39 is 29.6 Å². The molecule has 3 amide bonds. The molecule has 0 saturated carbocycles. The van der Waals surface area contributed by atoms with Crippen LogP contribution in [0.5, 0.6) is 0 Å². The van der Waals surface area contributed by atoms with Crippen LogP contribution in [-0.4, -0.2) is 93.8 Å². The summed E-state index contributed by atoms with van der Waals surface area (Å²) in [5, 5.41) is 3.48. The topological polar surface area (TPSA) is 131 Å². The molecule has 2 aromatic rings. The highest BCUT2D eigenvalue weighted by atomic mass is 32.2. The molecule has 228 valence electrons. The van der Waals surface area contributed by atoms with Crippen molar-refractivity contribution in [2.45, 2.75) is 70.6 Å². The third kappa shape index (κ3) is 10.0. The van der Waals surface area contributed by atoms with Crippen LogP contribution in [0.3, 0.4) is 0 Å². The first-order chi connectivity index (χ1) is 20.0. The van der Waals surface area contributed by atoms with Crippen molar-refractivity contribution in [2.75, 3.05) is 38.5 Å². The van der Waals surface area contributed by atoms with Crippen molar-refractivity contribution in [1.29, 1.82) is 0 Å². The van der Waals surface area contributed by atoms with E-state index >= 15 is 0 Å². The number of carbonyl (C=O) groups excluding carboxylic acids is 4. The fourth-order valence-corrected chi connectivity index (χ4v) is 4.99. The number of nitrogens with zero attached hydrogens (tertiary/aromatic N) is 4. The van der Waals surface area contributed by atoms with Crippen molar-refractivity contribution < 1.29 is 28.7 Å². The predicted molar refractivity (Wildman–Crippen MR) is 160 cm³/mol. The maximum Gasteiger partial charge on any atom is 0.409 e. The van der Waals surface area contributed by atoms with Crippen molar-refractivity contribution in [3.63, 3.8) is 0 Å². The number of piperazine rings is 1. The number of hydrogen-bond donors (Lipinski definition) is 1. The lowest BCUT2D eigenvalue weighted by Gasteiger charge is -2.36. The van der Waals surface area contributed by atoms with E-state index in [0.717, 1.165) is 17.7 Å². The van der Waals surface area contributed by atoms with Crippen LogP contribution >= 0.6 is 11.8 Å². The quantitative estimate of drug-likeness (QED) is 0.230. The zero-order chi connectivity index (χ0) is 30.7. The monoisotopic (exact) mass is 599 g/mol. The van der Waals surface area contributed by atoms with Crippen LogP contribution in [0.15, 0.2) is 41.4 Å². The Morgan fingerprint density at radius 2 is 1.67 bits per heavy atom. The van der Waals surface area contributed by atoms with Gasteiger partial charge in [0, 0.05) is 44.2 Å². The zero-order valence-electron chi connectivity index (χ0n) is 25.1. The van der Waals surface area contributed by atoms with E-state index in [-0.39, 0.29) is 44.1 Å². The summed E-state index contributed by atoms with van der Waals surface area (Å²) in [5.74, 6) is -0.114. The van der Waals surface area contributed by atoms with Crippen molar-refractivity contribution in [2.24, 2.45) is 0 Å². The van der Waals surface area contributed by atoms with E-state index in [1.165, 1.54) is 11.8 Å². The van der Waals surface area contributed by atoms with E-state index in [4.69, 9.17) is 9.47 Å². The molecule has 2 heterocycles. The standard InChI is InChI=1S/C30H41N5O6S/c1-6-19-42-24-20-23(31-26(33-24)21-11-9-8-10-12-21)27(37)32-22(13-14-25(36)41-30(3,4)5)28(38)34-15-17-35(18-16-34)29(39)40-7-2/h8-12,20,22H,6-7,13-19H2,1-5H3,(H,32,37). The Bertz CT molecular complexity index is 1230. The highest BCUT2D eigenvalue weighted by Gasteiger charge is 2.32. The van der Waals surface area contributed by atoms with Crippen LogP contribution in [0.1, 0.15) is 64.4 Å². The van der Waals surface area contributed by atoms with Gasteiger partial charge < -0.3 is 24.6 Å². The molecule has 1 aliphatic heterocycles. The van der Waals surface area contributed by atoms with Crippen LogP contribution in [0.25, 0.3) is 11.4 Å². The average molecular weight is 600 g/mol. The summed E-state index contributed by atoms with van der Waals surface area (Å²) in [6.45, 7) is 10.5. The molecule has 11 nitrogen and oxygen atoms in total. The minimum absolute atomic E-state index is 0.0473. The Labute approximate surface area is 251 Å². The van der Waals surface area contributed by atoms with Gasteiger partial charge >= 0.3 is 12.1 Å². The lowest BCUT2D eigenvalue weighted by Crippen LogP contribution is -2.56. The third-order valence-electron chi connectivity index (χ3n) is 6.20. The first kappa shape index (κ1) is 32.8. The van der Waals surface area contributed by atoms with Gasteiger partial charge in [-0.2, -0.15) is 0 Å². The maximum absolute atomic E-state index is 13.6. The summed E-state index contributed by atoms with van der Waals surface area (Å²) in [7, 11) is 0. The molecule has 1 unspecified atom stereocenters. The average Bonchev–Trinajstić information content (AvgIpc) is 2.97. The smallest absolute Gasteiger partial charge is 0.409 e. The molecule has 1 aromatic heterocycles. The lowest BCUT2D eigenvalue weighted by atomic mass is 10.1. The number of amides is 3. The highest BCUT2D eigenvalue weighted by molar-refractivity contribution is 7.99. The predicted octanol–water partition coefficient (Wildman–Crippen LogP) is 4.17. The number of carbonyl (C=O) groups is 4. The Kier molecular flexibility index (Phi) is 12.1. The molecule has 1 atom stereocenters. The van der Waals surface area contributed by atoms with Gasteiger partial charge in [0.2, 0.25) is 5.91 Å². The zero-order valence-corrected chi connectivity index (χ0v) is 25.9. The second kappa shape index (κ2) is 15.5. The van der Waals surface area contributed by atoms with Gasteiger partial charge in [-0.1, -0.05) is 37.3 Å². The molecule has 12 heteroatoms. The number of ether oxygens (including phenoxy) is 2. The fraction of sp³-hybridized carbons (Fsp3) is 0.533. The molecule has 3 rings (SSSR count). The second-order valence-electron chi connectivity index (χ2n) is 10.8. The van der Waals surface area contributed by atoms with Crippen LogP contribution in [0.2, 0.25) is 0 Å². The summed E-state index contributed by atoms with van der Waals surface area (Å²) in [6, 6.07) is 9.99. The van der Waals surface area contributed by atoms with Gasteiger partial charge in [-0.3, -0.25) is 14.4 Å². The Balaban J connectivity index is 1.81. The Morgan fingerprint density at radius 3 is 2.29 bits per heavy atom. The normalized spacial score (nSPS) is 14.2. The van der Waals surface area contributed by atoms with Gasteiger partial charge in [0.1, 0.15) is 22.4 Å². The summed E-state index contributed by atoms with van der Waals surface area (Å²) in [6.07, 6.45) is 0.495. The molecule has 1 fully saturated rings. The van der Waals surface area contributed by atoms with Crippen molar-refractivity contribution in [3.8, 4) is 11.4 Å². The molecule has 0 radical (unpaired) electrons. The molecule has 1 saturated heterocycles. The number of aromatic nitrogens is 2. The first-order valence-corrected chi connectivity index (χ1v) is 15.3. The van der Waals surface area contributed by atoms with E-state index in [9.17, 15) is 19.2 Å².